The number of phenols is 1. The van der Waals surface area contributed by atoms with Gasteiger partial charge in [-0.25, -0.2) is 4.57 Å². The van der Waals surface area contributed by atoms with E-state index >= 15 is 0 Å². The van der Waals surface area contributed by atoms with Gasteiger partial charge >= 0.3 is 7.82 Å². The molecule has 0 spiro atoms. The quantitative estimate of drug-likeness (QED) is 0.0865. The van der Waals surface area contributed by atoms with Crippen molar-refractivity contribution in [3.63, 3.8) is 0 Å². The van der Waals surface area contributed by atoms with Crippen molar-refractivity contribution in [3.8, 4) is 34.5 Å². The SMILES string of the molecule is COc1cc(O)c(C(=O)C=Cc2cccs2)c(OC)c1.COc1cc(OC)c(C(=O)C=Cc2cccs2)c(OP(=O)(O)O)c1. The summed E-state index contributed by atoms with van der Waals surface area (Å²) in [5, 5.41) is 13.7. The number of ketones is 2. The first-order valence-corrected chi connectivity index (χ1v) is 15.8. The topological polar surface area (TPSA) is 158 Å². The Labute approximate surface area is 261 Å². The molecular weight excluding hydrogens is 631 g/mol. The average Bonchev–Trinajstić information content (AvgIpc) is 3.72. The first-order chi connectivity index (χ1) is 21.0. The smallest absolute Gasteiger partial charge is 0.507 e. The van der Waals surface area contributed by atoms with Crippen molar-refractivity contribution >= 4 is 54.2 Å². The molecule has 0 unspecified atom stereocenters. The number of phenolic OH excluding ortho intramolecular Hbond substituents is 1. The highest BCUT2D eigenvalue weighted by molar-refractivity contribution is 7.46. The molecule has 0 aliphatic rings. The van der Waals surface area contributed by atoms with Gasteiger partial charge < -0.3 is 28.6 Å². The van der Waals surface area contributed by atoms with Crippen LogP contribution in [0, 0.1) is 0 Å². The molecule has 11 nitrogen and oxygen atoms in total. The molecule has 0 aliphatic heterocycles. The number of methoxy groups -OCH3 is 4. The number of phosphoric ester groups is 1. The summed E-state index contributed by atoms with van der Waals surface area (Å²) < 4.78 is 36.1. The second-order valence-corrected chi connectivity index (χ2v) is 11.6. The van der Waals surface area contributed by atoms with Gasteiger partial charge in [0, 0.05) is 34.0 Å². The van der Waals surface area contributed by atoms with Crippen LogP contribution in [-0.2, 0) is 4.57 Å². The predicted octanol–water partition coefficient (Wildman–Crippen LogP) is 6.50. The van der Waals surface area contributed by atoms with E-state index in [1.54, 1.807) is 18.2 Å². The zero-order valence-electron chi connectivity index (χ0n) is 24.0. The van der Waals surface area contributed by atoms with Gasteiger partial charge in [0.25, 0.3) is 0 Å². The number of rotatable bonds is 12. The number of allylic oxidation sites excluding steroid dienone is 2. The second kappa shape index (κ2) is 15.9. The van der Waals surface area contributed by atoms with Crippen molar-refractivity contribution in [2.45, 2.75) is 0 Å². The van der Waals surface area contributed by atoms with Crippen molar-refractivity contribution in [2.75, 3.05) is 28.4 Å². The maximum Gasteiger partial charge on any atom is 0.524 e. The van der Waals surface area contributed by atoms with Gasteiger partial charge in [0.05, 0.1) is 28.4 Å². The Morgan fingerprint density at radius 3 is 1.59 bits per heavy atom. The van der Waals surface area contributed by atoms with Crippen LogP contribution in [0.1, 0.15) is 30.5 Å². The van der Waals surface area contributed by atoms with Crippen LogP contribution in [0.5, 0.6) is 34.5 Å². The van der Waals surface area contributed by atoms with E-state index in [2.05, 4.69) is 4.52 Å². The summed E-state index contributed by atoms with van der Waals surface area (Å²) in [6.45, 7) is 0. The third kappa shape index (κ3) is 9.56. The summed E-state index contributed by atoms with van der Waals surface area (Å²) in [7, 11) is 0.748. The molecule has 3 N–H and O–H groups in total. The van der Waals surface area contributed by atoms with Gasteiger partial charge in [-0.2, -0.15) is 0 Å². The standard InChI is InChI=1S/C15H15O7PS.C15H14O4S/c1-20-10-8-13(21-2)15(14(9-10)22-23(17,18)19)12(16)6-5-11-4-3-7-24-11;1-18-10-8-13(17)15(14(9-10)19-2)12(16)6-5-11-4-3-7-20-11/h3-9H,1-2H3,(H2,17,18,19);3-9,17H,1-2H3. The van der Waals surface area contributed by atoms with Crippen LogP contribution < -0.4 is 23.5 Å². The van der Waals surface area contributed by atoms with Crippen LogP contribution in [0.2, 0.25) is 0 Å². The maximum absolute atomic E-state index is 12.5. The molecule has 2 aromatic carbocycles. The largest absolute Gasteiger partial charge is 0.524 e. The van der Waals surface area contributed by atoms with Gasteiger partial charge in [-0.3, -0.25) is 19.4 Å². The van der Waals surface area contributed by atoms with Crippen molar-refractivity contribution in [2.24, 2.45) is 0 Å². The summed E-state index contributed by atoms with van der Waals surface area (Å²) in [4.78, 5) is 44.6. The van der Waals surface area contributed by atoms with E-state index in [-0.39, 0.29) is 45.7 Å². The normalized spacial score (nSPS) is 11.1. The van der Waals surface area contributed by atoms with E-state index in [1.165, 1.54) is 81.5 Å². The maximum atomic E-state index is 12.5. The number of carbonyl (C=O) groups excluding carboxylic acids is 2. The Balaban J connectivity index is 0.000000244. The van der Waals surface area contributed by atoms with Crippen LogP contribution in [0.3, 0.4) is 0 Å². The van der Waals surface area contributed by atoms with Crippen LogP contribution in [-0.4, -0.2) is 54.9 Å². The first-order valence-electron chi connectivity index (χ1n) is 12.5. The molecule has 0 aliphatic carbocycles. The minimum atomic E-state index is -4.87. The third-order valence-electron chi connectivity index (χ3n) is 5.60. The van der Waals surface area contributed by atoms with Crippen molar-refractivity contribution in [1.82, 2.24) is 0 Å². The lowest BCUT2D eigenvalue weighted by atomic mass is 10.1. The molecule has 2 aromatic heterocycles. The minimum Gasteiger partial charge on any atom is -0.507 e. The molecule has 4 aromatic rings. The number of aromatic hydroxyl groups is 1. The summed E-state index contributed by atoms with van der Waals surface area (Å²) in [6, 6.07) is 13.1. The molecule has 0 fully saturated rings. The van der Waals surface area contributed by atoms with Crippen LogP contribution in [0.15, 0.2) is 71.4 Å². The summed E-state index contributed by atoms with van der Waals surface area (Å²) >= 11 is 2.97. The number of carbonyl (C=O) groups is 2. The summed E-state index contributed by atoms with van der Waals surface area (Å²) in [5.41, 5.74) is 0.0236. The van der Waals surface area contributed by atoms with Crippen LogP contribution >= 0.6 is 30.5 Å². The van der Waals surface area contributed by atoms with Crippen molar-refractivity contribution in [1.29, 1.82) is 0 Å². The fraction of sp³-hybridized carbons (Fsp3) is 0.133. The third-order valence-corrected chi connectivity index (χ3v) is 7.71. The van der Waals surface area contributed by atoms with E-state index in [0.29, 0.717) is 5.75 Å². The van der Waals surface area contributed by atoms with Crippen molar-refractivity contribution in [3.05, 3.63) is 92.3 Å². The molecule has 0 bridgehead atoms. The zero-order chi connectivity index (χ0) is 32.3. The Kier molecular flexibility index (Phi) is 12.3. The molecule has 0 radical (unpaired) electrons. The fourth-order valence-electron chi connectivity index (χ4n) is 3.64. The van der Waals surface area contributed by atoms with Crippen LogP contribution in [0.4, 0.5) is 0 Å². The van der Waals surface area contributed by atoms with E-state index in [0.717, 1.165) is 9.75 Å². The number of hydrogen-bond donors (Lipinski definition) is 3. The number of ether oxygens (including phenoxy) is 4. The van der Waals surface area contributed by atoms with Gasteiger partial charge in [-0.1, -0.05) is 12.1 Å². The molecule has 0 saturated heterocycles. The Morgan fingerprint density at radius 2 is 1.16 bits per heavy atom. The van der Waals surface area contributed by atoms with Gasteiger partial charge in [0.15, 0.2) is 11.6 Å². The Morgan fingerprint density at radius 1 is 0.705 bits per heavy atom. The molecular formula is C30H29O11PS2. The number of hydrogen-bond acceptors (Lipinski definition) is 11. The molecule has 0 saturated carbocycles. The van der Waals surface area contributed by atoms with E-state index in [4.69, 9.17) is 28.7 Å². The van der Waals surface area contributed by atoms with E-state index in [1.807, 2.05) is 35.0 Å². The van der Waals surface area contributed by atoms with Gasteiger partial charge in [0.1, 0.15) is 45.6 Å². The lowest BCUT2D eigenvalue weighted by Gasteiger charge is -2.15. The minimum absolute atomic E-state index is 0.0821. The van der Waals surface area contributed by atoms with Gasteiger partial charge in [-0.15, -0.1) is 22.7 Å². The Hall–Kier alpha value is -4.39. The number of phosphoric acid groups is 1. The molecule has 4 rings (SSSR count). The highest BCUT2D eigenvalue weighted by atomic mass is 32.1. The Bertz CT molecular complexity index is 1670. The van der Waals surface area contributed by atoms with Gasteiger partial charge in [-0.05, 0) is 47.2 Å². The molecule has 44 heavy (non-hydrogen) atoms. The average molecular weight is 661 g/mol. The molecule has 232 valence electrons. The van der Waals surface area contributed by atoms with Crippen LogP contribution in [0.25, 0.3) is 12.2 Å². The predicted molar refractivity (Wildman–Crippen MR) is 169 cm³/mol. The highest BCUT2D eigenvalue weighted by Crippen LogP contribution is 2.44. The number of benzene rings is 2. The van der Waals surface area contributed by atoms with E-state index in [9.17, 15) is 19.3 Å². The zero-order valence-corrected chi connectivity index (χ0v) is 26.5. The monoisotopic (exact) mass is 660 g/mol. The second-order valence-electron chi connectivity index (χ2n) is 8.43. The van der Waals surface area contributed by atoms with E-state index < -0.39 is 13.6 Å². The highest BCUT2D eigenvalue weighted by Gasteiger charge is 2.25. The molecule has 0 amide bonds. The lowest BCUT2D eigenvalue weighted by molar-refractivity contribution is 0.103. The summed E-state index contributed by atoms with van der Waals surface area (Å²) in [6.07, 6.45) is 5.99. The lowest BCUT2D eigenvalue weighted by Crippen LogP contribution is -2.04. The number of thiophene rings is 2. The molecule has 2 heterocycles. The summed E-state index contributed by atoms with van der Waals surface area (Å²) in [5.74, 6) is -0.308. The first kappa shape index (κ1) is 34.1. The van der Waals surface area contributed by atoms with Gasteiger partial charge in [0.2, 0.25) is 0 Å². The molecule has 0 atom stereocenters. The molecule has 14 heteroatoms. The fourth-order valence-corrected chi connectivity index (χ4v) is 5.28. The van der Waals surface area contributed by atoms with Crippen molar-refractivity contribution < 1.29 is 52.5 Å².